The Kier molecular flexibility index (Phi) is 4.94. The van der Waals surface area contributed by atoms with E-state index in [1.807, 2.05) is 12.1 Å². The highest BCUT2D eigenvalue weighted by Crippen LogP contribution is 2.30. The Labute approximate surface area is 115 Å². The van der Waals surface area contributed by atoms with Gasteiger partial charge >= 0.3 is 0 Å². The Bertz CT molecular complexity index is 397. The summed E-state index contributed by atoms with van der Waals surface area (Å²) in [6, 6.07) is 7.04. The monoisotopic (exact) mass is 264 g/mol. The van der Waals surface area contributed by atoms with Crippen molar-refractivity contribution in [3.8, 4) is 0 Å². The zero-order chi connectivity index (χ0) is 13.8. The van der Waals surface area contributed by atoms with E-state index in [4.69, 9.17) is 5.73 Å². The molecular formula is C16H25FN2. The SMILES string of the molecule is CC(C)C1CCN(C(CN)c2ccccc2F)CC1. The molecule has 1 aliphatic heterocycles. The lowest BCUT2D eigenvalue weighted by molar-refractivity contribution is 0.115. The predicted octanol–water partition coefficient (Wildman–Crippen LogP) is 3.19. The maximum Gasteiger partial charge on any atom is 0.128 e. The minimum Gasteiger partial charge on any atom is -0.329 e. The van der Waals surface area contributed by atoms with E-state index in [9.17, 15) is 4.39 Å². The number of hydrogen-bond donors (Lipinski definition) is 1. The van der Waals surface area contributed by atoms with Gasteiger partial charge in [0.15, 0.2) is 0 Å². The van der Waals surface area contributed by atoms with Crippen LogP contribution in [0, 0.1) is 17.7 Å². The molecule has 0 aromatic heterocycles. The van der Waals surface area contributed by atoms with Gasteiger partial charge in [-0.2, -0.15) is 0 Å². The van der Waals surface area contributed by atoms with Gasteiger partial charge in [0.2, 0.25) is 0 Å². The molecule has 0 amide bonds. The van der Waals surface area contributed by atoms with Gasteiger partial charge in [0.1, 0.15) is 5.82 Å². The summed E-state index contributed by atoms with van der Waals surface area (Å²) in [7, 11) is 0. The van der Waals surface area contributed by atoms with Crippen LogP contribution in [0.15, 0.2) is 24.3 Å². The molecule has 19 heavy (non-hydrogen) atoms. The number of benzene rings is 1. The fourth-order valence-electron chi connectivity index (χ4n) is 3.12. The van der Waals surface area contributed by atoms with Gasteiger partial charge in [0.05, 0.1) is 0 Å². The Morgan fingerprint density at radius 1 is 1.26 bits per heavy atom. The van der Waals surface area contributed by atoms with Crippen LogP contribution < -0.4 is 5.73 Å². The zero-order valence-corrected chi connectivity index (χ0v) is 12.0. The van der Waals surface area contributed by atoms with Crippen LogP contribution in [0.1, 0.15) is 38.3 Å². The summed E-state index contributed by atoms with van der Waals surface area (Å²) in [4.78, 5) is 2.34. The molecular weight excluding hydrogens is 239 g/mol. The van der Waals surface area contributed by atoms with Crippen molar-refractivity contribution in [2.75, 3.05) is 19.6 Å². The maximum atomic E-state index is 13.9. The van der Waals surface area contributed by atoms with Crippen molar-refractivity contribution in [1.29, 1.82) is 0 Å². The summed E-state index contributed by atoms with van der Waals surface area (Å²) in [5.74, 6) is 1.41. The summed E-state index contributed by atoms with van der Waals surface area (Å²) < 4.78 is 13.9. The number of rotatable bonds is 4. The van der Waals surface area contributed by atoms with Crippen molar-refractivity contribution in [2.24, 2.45) is 17.6 Å². The summed E-state index contributed by atoms with van der Waals surface area (Å²) in [6.07, 6.45) is 2.39. The molecule has 1 aromatic rings. The van der Waals surface area contributed by atoms with Crippen LogP contribution in [-0.4, -0.2) is 24.5 Å². The lowest BCUT2D eigenvalue weighted by atomic mass is 9.86. The van der Waals surface area contributed by atoms with Gasteiger partial charge in [-0.1, -0.05) is 32.0 Å². The number of halogens is 1. The third kappa shape index (κ3) is 3.34. The molecule has 1 aliphatic rings. The van der Waals surface area contributed by atoms with Crippen LogP contribution in [0.2, 0.25) is 0 Å². The number of nitrogens with zero attached hydrogens (tertiary/aromatic N) is 1. The number of likely N-dealkylation sites (tertiary alicyclic amines) is 1. The molecule has 1 unspecified atom stereocenters. The van der Waals surface area contributed by atoms with Crippen molar-refractivity contribution in [3.63, 3.8) is 0 Å². The molecule has 2 rings (SSSR count). The Morgan fingerprint density at radius 3 is 2.42 bits per heavy atom. The highest BCUT2D eigenvalue weighted by atomic mass is 19.1. The molecule has 0 spiro atoms. The third-order valence-electron chi connectivity index (χ3n) is 4.45. The summed E-state index contributed by atoms with van der Waals surface area (Å²) in [5, 5.41) is 0. The minimum atomic E-state index is -0.135. The molecule has 1 atom stereocenters. The zero-order valence-electron chi connectivity index (χ0n) is 12.0. The molecule has 0 radical (unpaired) electrons. The first-order chi connectivity index (χ1) is 9.13. The van der Waals surface area contributed by atoms with Gasteiger partial charge in [0.25, 0.3) is 0 Å². The molecule has 106 valence electrons. The first-order valence-electron chi connectivity index (χ1n) is 7.32. The summed E-state index contributed by atoms with van der Waals surface area (Å²) >= 11 is 0. The smallest absolute Gasteiger partial charge is 0.128 e. The largest absolute Gasteiger partial charge is 0.329 e. The fraction of sp³-hybridized carbons (Fsp3) is 0.625. The highest BCUT2D eigenvalue weighted by Gasteiger charge is 2.27. The molecule has 2 N–H and O–H groups in total. The molecule has 1 saturated heterocycles. The van der Waals surface area contributed by atoms with E-state index < -0.39 is 0 Å². The average molecular weight is 264 g/mol. The Balaban J connectivity index is 2.06. The van der Waals surface area contributed by atoms with Crippen molar-refractivity contribution in [2.45, 2.75) is 32.7 Å². The summed E-state index contributed by atoms with van der Waals surface area (Å²) in [5.41, 5.74) is 6.63. The van der Waals surface area contributed by atoms with Gasteiger partial charge in [-0.25, -0.2) is 4.39 Å². The summed E-state index contributed by atoms with van der Waals surface area (Å²) in [6.45, 7) is 7.11. The van der Waals surface area contributed by atoms with E-state index >= 15 is 0 Å². The Morgan fingerprint density at radius 2 is 1.89 bits per heavy atom. The van der Waals surface area contributed by atoms with Crippen molar-refractivity contribution >= 4 is 0 Å². The molecule has 0 saturated carbocycles. The van der Waals surface area contributed by atoms with Gasteiger partial charge in [0, 0.05) is 18.2 Å². The average Bonchev–Trinajstić information content (AvgIpc) is 2.42. The van der Waals surface area contributed by atoms with Crippen LogP contribution in [0.4, 0.5) is 4.39 Å². The molecule has 1 heterocycles. The van der Waals surface area contributed by atoms with Crippen LogP contribution in [0.5, 0.6) is 0 Å². The number of hydrogen-bond acceptors (Lipinski definition) is 2. The predicted molar refractivity (Wildman–Crippen MR) is 77.3 cm³/mol. The van der Waals surface area contributed by atoms with Crippen molar-refractivity contribution in [1.82, 2.24) is 4.90 Å². The lowest BCUT2D eigenvalue weighted by Gasteiger charge is -2.38. The fourth-order valence-corrected chi connectivity index (χ4v) is 3.12. The topological polar surface area (TPSA) is 29.3 Å². The van der Waals surface area contributed by atoms with Crippen molar-refractivity contribution < 1.29 is 4.39 Å². The molecule has 3 heteroatoms. The lowest BCUT2D eigenvalue weighted by Crippen LogP contribution is -2.41. The Hall–Kier alpha value is -0.930. The van der Waals surface area contributed by atoms with Crippen molar-refractivity contribution in [3.05, 3.63) is 35.6 Å². The van der Waals surface area contributed by atoms with E-state index in [1.165, 1.54) is 18.9 Å². The second kappa shape index (κ2) is 6.49. The number of nitrogens with two attached hydrogens (primary N) is 1. The van der Waals surface area contributed by atoms with Crippen LogP contribution in [0.3, 0.4) is 0 Å². The second-order valence-corrected chi connectivity index (χ2v) is 5.89. The first-order valence-corrected chi connectivity index (χ1v) is 7.32. The molecule has 2 nitrogen and oxygen atoms in total. The normalized spacial score (nSPS) is 19.8. The van der Waals surface area contributed by atoms with Gasteiger partial charge in [-0.15, -0.1) is 0 Å². The quantitative estimate of drug-likeness (QED) is 0.905. The van der Waals surface area contributed by atoms with Crippen LogP contribution in [0.25, 0.3) is 0 Å². The molecule has 1 fully saturated rings. The van der Waals surface area contributed by atoms with E-state index in [0.29, 0.717) is 6.54 Å². The van der Waals surface area contributed by atoms with Gasteiger partial charge in [-0.05, 0) is 43.8 Å². The van der Waals surface area contributed by atoms with E-state index in [0.717, 1.165) is 30.5 Å². The standard InChI is InChI=1S/C16H25FN2/c1-12(2)13-7-9-19(10-8-13)16(11-18)14-5-3-4-6-15(14)17/h3-6,12-13,16H,7-11,18H2,1-2H3. The van der Waals surface area contributed by atoms with E-state index in [1.54, 1.807) is 6.07 Å². The van der Waals surface area contributed by atoms with Gasteiger partial charge in [-0.3, -0.25) is 4.90 Å². The minimum absolute atomic E-state index is 0.0225. The van der Waals surface area contributed by atoms with E-state index in [-0.39, 0.29) is 11.9 Å². The maximum absolute atomic E-state index is 13.9. The van der Waals surface area contributed by atoms with E-state index in [2.05, 4.69) is 18.7 Å². The highest BCUT2D eigenvalue weighted by molar-refractivity contribution is 5.21. The van der Waals surface area contributed by atoms with Crippen LogP contribution >= 0.6 is 0 Å². The first kappa shape index (κ1) is 14.5. The van der Waals surface area contributed by atoms with Crippen LogP contribution in [-0.2, 0) is 0 Å². The molecule has 0 bridgehead atoms. The third-order valence-corrected chi connectivity index (χ3v) is 4.45. The van der Waals surface area contributed by atoms with Gasteiger partial charge < -0.3 is 5.73 Å². The second-order valence-electron chi connectivity index (χ2n) is 5.89. The molecule has 0 aliphatic carbocycles. The number of piperidine rings is 1. The molecule has 1 aromatic carbocycles.